The summed E-state index contributed by atoms with van der Waals surface area (Å²) < 4.78 is 13.1. The van der Waals surface area contributed by atoms with Crippen molar-refractivity contribution in [2.24, 2.45) is 49.3 Å². The van der Waals surface area contributed by atoms with Gasteiger partial charge in [-0.2, -0.15) is 15.3 Å². The molecule has 0 unspecified atom stereocenters. The lowest BCUT2D eigenvalue weighted by atomic mass is 10.5. The molecule has 0 amide bonds. The molecule has 0 radical (unpaired) electrons. The van der Waals surface area contributed by atoms with E-state index < -0.39 is 0 Å². The molecular formula is C34H55N15. The largest absolute Gasteiger partial charge is 0.355 e. The van der Waals surface area contributed by atoms with Crippen LogP contribution in [0.5, 0.6) is 0 Å². The van der Waals surface area contributed by atoms with Crippen LogP contribution in [0.1, 0.15) is 40.1 Å². The summed E-state index contributed by atoms with van der Waals surface area (Å²) in [7, 11) is 13.6. The first-order valence-electron chi connectivity index (χ1n) is 15.6. The molecule has 0 fully saturated rings. The van der Waals surface area contributed by atoms with Gasteiger partial charge in [-0.25, -0.2) is 14.6 Å². The van der Waals surface area contributed by atoms with E-state index in [0.717, 1.165) is 11.6 Å². The highest BCUT2D eigenvalue weighted by molar-refractivity contribution is 5.03. The minimum Gasteiger partial charge on any atom is -0.355 e. The molecule has 0 aliphatic rings. The molecule has 15 heteroatoms. The van der Waals surface area contributed by atoms with Crippen LogP contribution in [0, 0.1) is 48.5 Å². The Morgan fingerprint density at radius 2 is 1.00 bits per heavy atom. The van der Waals surface area contributed by atoms with Crippen LogP contribution in [-0.2, 0) is 49.3 Å². The molecule has 0 atom stereocenters. The number of tetrazole rings is 1. The fourth-order valence-corrected chi connectivity index (χ4v) is 3.02. The van der Waals surface area contributed by atoms with E-state index in [9.17, 15) is 0 Å². The molecule has 7 aromatic rings. The van der Waals surface area contributed by atoms with Crippen molar-refractivity contribution in [3.63, 3.8) is 0 Å². The van der Waals surface area contributed by atoms with Gasteiger partial charge in [0, 0.05) is 109 Å². The highest BCUT2D eigenvalue weighted by Gasteiger charge is 1.88. The van der Waals surface area contributed by atoms with Crippen LogP contribution < -0.4 is 0 Å². The third-order valence-electron chi connectivity index (χ3n) is 7.37. The van der Waals surface area contributed by atoms with E-state index in [4.69, 9.17) is 0 Å². The highest BCUT2D eigenvalue weighted by Crippen LogP contribution is 1.94. The van der Waals surface area contributed by atoms with Crippen LogP contribution in [0.15, 0.2) is 80.0 Å². The second-order valence-corrected chi connectivity index (χ2v) is 11.1. The van der Waals surface area contributed by atoms with Crippen LogP contribution >= 0.6 is 0 Å². The van der Waals surface area contributed by atoms with Gasteiger partial charge in [-0.3, -0.25) is 14.0 Å². The molecule has 15 nitrogen and oxygen atoms in total. The maximum Gasteiger partial charge on any atom is 0.147 e. The van der Waals surface area contributed by atoms with Crippen molar-refractivity contribution in [1.82, 2.24) is 73.2 Å². The molecule has 7 heterocycles. The third-order valence-corrected chi connectivity index (χ3v) is 7.37. The van der Waals surface area contributed by atoms with Crippen LogP contribution in [-0.4, -0.2) is 73.2 Å². The van der Waals surface area contributed by atoms with Gasteiger partial charge in [0.15, 0.2) is 0 Å². The van der Waals surface area contributed by atoms with Gasteiger partial charge in [0.2, 0.25) is 0 Å². The molecule has 266 valence electrons. The summed E-state index contributed by atoms with van der Waals surface area (Å²) in [5, 5.41) is 22.3. The number of aromatic nitrogens is 15. The number of imidazole rings is 1. The smallest absolute Gasteiger partial charge is 0.147 e. The van der Waals surface area contributed by atoms with E-state index in [1.54, 1.807) is 35.1 Å². The summed E-state index contributed by atoms with van der Waals surface area (Å²) in [6, 6.07) is 12.2. The second kappa shape index (κ2) is 22.1. The van der Waals surface area contributed by atoms with Crippen molar-refractivity contribution in [3.8, 4) is 0 Å². The first-order valence-corrected chi connectivity index (χ1v) is 15.6. The lowest BCUT2D eigenvalue weighted by Crippen LogP contribution is -1.92. The fourth-order valence-electron chi connectivity index (χ4n) is 3.02. The summed E-state index contributed by atoms with van der Waals surface area (Å²) in [5.41, 5.74) is 6.19. The Bertz CT molecular complexity index is 1350. The van der Waals surface area contributed by atoms with Crippen molar-refractivity contribution < 1.29 is 0 Å². The minimum atomic E-state index is 0.833. The molecule has 0 saturated carbocycles. The average Bonchev–Trinajstić information content (AvgIpc) is 3.96. The maximum atomic E-state index is 3.93. The van der Waals surface area contributed by atoms with Crippen LogP contribution in [0.2, 0.25) is 0 Å². The molecule has 0 aromatic carbocycles. The Hall–Kier alpha value is -5.60. The molecule has 0 aliphatic heterocycles. The number of hydrogen-bond acceptors (Lipinski definition) is 8. The fraction of sp³-hybridized carbons (Fsp3) is 0.412. The Kier molecular flexibility index (Phi) is 18.6. The van der Waals surface area contributed by atoms with E-state index in [2.05, 4.69) is 75.9 Å². The Morgan fingerprint density at radius 3 is 1.10 bits per heavy atom. The van der Waals surface area contributed by atoms with Gasteiger partial charge in [0.1, 0.15) is 18.0 Å². The van der Waals surface area contributed by atoms with E-state index in [1.807, 2.05) is 134 Å². The predicted octanol–water partition coefficient (Wildman–Crippen LogP) is 4.49. The molecule has 0 aliphatic carbocycles. The molecule has 49 heavy (non-hydrogen) atoms. The summed E-state index contributed by atoms with van der Waals surface area (Å²) in [6.07, 6.45) is 12.8. The normalized spacial score (nSPS) is 9.43. The van der Waals surface area contributed by atoms with Crippen LogP contribution in [0.3, 0.4) is 0 Å². The zero-order chi connectivity index (χ0) is 36.9. The van der Waals surface area contributed by atoms with Crippen molar-refractivity contribution in [1.29, 1.82) is 0 Å². The third kappa shape index (κ3) is 16.7. The van der Waals surface area contributed by atoms with E-state index in [0.29, 0.717) is 0 Å². The van der Waals surface area contributed by atoms with Crippen LogP contribution in [0.4, 0.5) is 0 Å². The first kappa shape index (κ1) is 41.4. The molecule has 0 bridgehead atoms. The van der Waals surface area contributed by atoms with Crippen molar-refractivity contribution >= 4 is 0 Å². The standard InChI is InChI=1S/2C6H9N.3C5H8N2.C4H7N3.C3H6N4/c2*1-6-4-3-5-7(6)2;1-5-3-6-4-7(5)2;2*1-5-3-4-6-7(5)2;1-4-5-3-6-7(4)2;1-3-4-5-6-7(3)2/h2*3-5H,1-2H3;3*3-4H,1-2H3;3H,1-2H3;1-2H3. The summed E-state index contributed by atoms with van der Waals surface area (Å²) >= 11 is 0. The van der Waals surface area contributed by atoms with Crippen LogP contribution in [0.25, 0.3) is 0 Å². The first-order chi connectivity index (χ1) is 23.1. The average molecular weight is 674 g/mol. The zero-order valence-corrected chi connectivity index (χ0v) is 31.7. The van der Waals surface area contributed by atoms with Crippen molar-refractivity contribution in [3.05, 3.63) is 120 Å². The lowest BCUT2D eigenvalue weighted by molar-refractivity contribution is 0.695. The molecule has 0 N–H and O–H groups in total. The van der Waals surface area contributed by atoms with Crippen molar-refractivity contribution in [2.45, 2.75) is 48.5 Å². The number of nitrogens with zero attached hydrogens (tertiary/aromatic N) is 15. The van der Waals surface area contributed by atoms with Gasteiger partial charge < -0.3 is 13.7 Å². The van der Waals surface area contributed by atoms with Gasteiger partial charge in [-0.15, -0.1) is 5.10 Å². The summed E-state index contributed by atoms with van der Waals surface area (Å²) in [4.78, 5) is 7.75. The number of hydrogen-bond donors (Lipinski definition) is 0. The molecule has 0 saturated heterocycles. The Morgan fingerprint density at radius 1 is 0.490 bits per heavy atom. The maximum absolute atomic E-state index is 3.93. The number of aryl methyl sites for hydroxylation is 14. The molecule has 7 rings (SSSR count). The van der Waals surface area contributed by atoms with Crippen molar-refractivity contribution in [2.75, 3.05) is 0 Å². The van der Waals surface area contributed by atoms with Gasteiger partial charge in [0.25, 0.3) is 0 Å². The Balaban J connectivity index is 0.000000286. The Labute approximate surface area is 290 Å². The van der Waals surface area contributed by atoms with E-state index >= 15 is 0 Å². The monoisotopic (exact) mass is 673 g/mol. The predicted molar refractivity (Wildman–Crippen MR) is 193 cm³/mol. The second-order valence-electron chi connectivity index (χ2n) is 11.1. The lowest BCUT2D eigenvalue weighted by Gasteiger charge is -1.89. The SMILES string of the molecule is Cc1cccn1C.Cc1cccn1C.Cc1ccnn1C.Cc1ccnn1C.Cc1cncn1C.Cc1ncnn1C.Cc1nnnn1C. The molecule has 7 aromatic heterocycles. The topological polar surface area (TPSA) is 138 Å². The minimum absolute atomic E-state index is 0.833. The molecule has 0 spiro atoms. The number of rotatable bonds is 0. The van der Waals surface area contributed by atoms with Gasteiger partial charge >= 0.3 is 0 Å². The summed E-state index contributed by atoms with van der Waals surface area (Å²) in [5.74, 6) is 1.78. The highest BCUT2D eigenvalue weighted by atomic mass is 15.5. The van der Waals surface area contributed by atoms with Gasteiger partial charge in [-0.1, -0.05) is 0 Å². The quantitative estimate of drug-likeness (QED) is 0.230. The van der Waals surface area contributed by atoms with Gasteiger partial charge in [-0.05, 0) is 95.3 Å². The molecular weight excluding hydrogens is 618 g/mol. The zero-order valence-electron chi connectivity index (χ0n) is 31.7. The summed E-state index contributed by atoms with van der Waals surface area (Å²) in [6.45, 7) is 14.0. The van der Waals surface area contributed by atoms with Gasteiger partial charge in [0.05, 0.1) is 6.33 Å². The van der Waals surface area contributed by atoms with E-state index in [1.165, 1.54) is 34.8 Å². The van der Waals surface area contributed by atoms with E-state index in [-0.39, 0.29) is 0 Å².